The molecule has 1 rings (SSSR count). The SMILES string of the molecule is CCNc1nc(OCCCO)c(Cl)cc1Cl. The molecule has 6 heteroatoms. The molecule has 4 nitrogen and oxygen atoms in total. The van der Waals surface area contributed by atoms with E-state index in [-0.39, 0.29) is 6.61 Å². The number of aromatic nitrogens is 1. The van der Waals surface area contributed by atoms with Crippen LogP contribution in [0.1, 0.15) is 13.3 Å². The van der Waals surface area contributed by atoms with Gasteiger partial charge in [0, 0.05) is 19.6 Å². The summed E-state index contributed by atoms with van der Waals surface area (Å²) >= 11 is 11.9. The summed E-state index contributed by atoms with van der Waals surface area (Å²) in [6.45, 7) is 3.10. The summed E-state index contributed by atoms with van der Waals surface area (Å²) in [7, 11) is 0. The Hall–Kier alpha value is -0.710. The Kier molecular flexibility index (Phi) is 5.66. The zero-order valence-corrected chi connectivity index (χ0v) is 10.5. The van der Waals surface area contributed by atoms with Crippen LogP contribution in [0.2, 0.25) is 10.0 Å². The van der Waals surface area contributed by atoms with Crippen molar-refractivity contribution in [2.45, 2.75) is 13.3 Å². The zero-order chi connectivity index (χ0) is 12.0. The van der Waals surface area contributed by atoms with E-state index in [1.807, 2.05) is 6.92 Å². The molecule has 0 bridgehead atoms. The molecule has 90 valence electrons. The van der Waals surface area contributed by atoms with E-state index >= 15 is 0 Å². The first-order valence-corrected chi connectivity index (χ1v) is 5.78. The number of hydrogen-bond acceptors (Lipinski definition) is 4. The number of halogens is 2. The molecule has 1 heterocycles. The minimum absolute atomic E-state index is 0.0747. The molecule has 0 aliphatic carbocycles. The van der Waals surface area contributed by atoms with Gasteiger partial charge in [0.1, 0.15) is 10.8 Å². The minimum atomic E-state index is 0.0747. The highest BCUT2D eigenvalue weighted by Gasteiger charge is 2.09. The lowest BCUT2D eigenvalue weighted by Gasteiger charge is -2.10. The van der Waals surface area contributed by atoms with E-state index in [1.165, 1.54) is 0 Å². The molecule has 0 aliphatic heterocycles. The largest absolute Gasteiger partial charge is 0.476 e. The predicted octanol–water partition coefficient (Wildman–Crippen LogP) is 2.58. The first-order chi connectivity index (χ1) is 7.69. The van der Waals surface area contributed by atoms with E-state index in [4.69, 9.17) is 33.0 Å². The molecule has 0 atom stereocenters. The summed E-state index contributed by atoms with van der Waals surface area (Å²) in [5.74, 6) is 0.878. The van der Waals surface area contributed by atoms with Gasteiger partial charge in [-0.25, -0.2) is 0 Å². The van der Waals surface area contributed by atoms with Gasteiger partial charge in [0.15, 0.2) is 0 Å². The maximum Gasteiger partial charge on any atom is 0.234 e. The standard InChI is InChI=1S/C10H14Cl2N2O2/c1-2-13-9-7(11)6-8(12)10(14-9)16-5-3-4-15/h6,15H,2-5H2,1H3,(H,13,14). The molecule has 0 aromatic carbocycles. The van der Waals surface area contributed by atoms with Gasteiger partial charge in [-0.05, 0) is 13.0 Å². The first-order valence-electron chi connectivity index (χ1n) is 5.02. The summed E-state index contributed by atoms with van der Waals surface area (Å²) in [5, 5.41) is 12.5. The Morgan fingerprint density at radius 2 is 2.19 bits per heavy atom. The van der Waals surface area contributed by atoms with Gasteiger partial charge >= 0.3 is 0 Å². The van der Waals surface area contributed by atoms with Gasteiger partial charge in [-0.1, -0.05) is 23.2 Å². The number of nitrogens with one attached hydrogen (secondary N) is 1. The molecule has 2 N–H and O–H groups in total. The number of aliphatic hydroxyl groups is 1. The van der Waals surface area contributed by atoms with Crippen molar-refractivity contribution in [1.82, 2.24) is 4.98 Å². The molecule has 0 amide bonds. The third-order valence-corrected chi connectivity index (χ3v) is 2.34. The van der Waals surface area contributed by atoms with Crippen LogP contribution in [-0.2, 0) is 0 Å². The second-order valence-corrected chi connectivity index (χ2v) is 3.88. The molecule has 0 saturated heterocycles. The highest BCUT2D eigenvalue weighted by molar-refractivity contribution is 6.36. The predicted molar refractivity (Wildman–Crippen MR) is 65.6 cm³/mol. The average Bonchev–Trinajstić information content (AvgIpc) is 2.25. The Labute approximate surface area is 105 Å². The Morgan fingerprint density at radius 3 is 2.81 bits per heavy atom. The van der Waals surface area contributed by atoms with Crippen LogP contribution in [0.3, 0.4) is 0 Å². The van der Waals surface area contributed by atoms with Gasteiger partial charge in [-0.15, -0.1) is 0 Å². The van der Waals surface area contributed by atoms with Crippen LogP contribution in [0.25, 0.3) is 0 Å². The molecular formula is C10H14Cl2N2O2. The number of rotatable bonds is 6. The van der Waals surface area contributed by atoms with Gasteiger partial charge < -0.3 is 15.2 Å². The number of ether oxygens (including phenoxy) is 1. The molecule has 0 aliphatic rings. The lowest BCUT2D eigenvalue weighted by atomic mass is 10.4. The molecule has 16 heavy (non-hydrogen) atoms. The molecule has 0 spiro atoms. The number of nitrogens with zero attached hydrogens (tertiary/aromatic N) is 1. The van der Waals surface area contributed by atoms with Crippen molar-refractivity contribution in [2.75, 3.05) is 25.1 Å². The van der Waals surface area contributed by atoms with Crippen LogP contribution in [0.5, 0.6) is 5.88 Å². The average molecular weight is 265 g/mol. The van der Waals surface area contributed by atoms with Gasteiger partial charge in [0.05, 0.1) is 11.6 Å². The molecule has 0 unspecified atom stereocenters. The third-order valence-electron chi connectivity index (χ3n) is 1.78. The van der Waals surface area contributed by atoms with Crippen LogP contribution < -0.4 is 10.1 Å². The smallest absolute Gasteiger partial charge is 0.234 e. The van der Waals surface area contributed by atoms with Crippen molar-refractivity contribution >= 4 is 29.0 Å². The molecule has 1 aromatic heterocycles. The lowest BCUT2D eigenvalue weighted by molar-refractivity contribution is 0.229. The van der Waals surface area contributed by atoms with Crippen molar-refractivity contribution in [3.63, 3.8) is 0 Å². The third kappa shape index (κ3) is 3.70. The molecular weight excluding hydrogens is 251 g/mol. The van der Waals surface area contributed by atoms with Crippen LogP contribution >= 0.6 is 23.2 Å². The van der Waals surface area contributed by atoms with Gasteiger partial charge in [0.25, 0.3) is 0 Å². The lowest BCUT2D eigenvalue weighted by Crippen LogP contribution is -2.05. The van der Waals surface area contributed by atoms with E-state index in [2.05, 4.69) is 10.3 Å². The van der Waals surface area contributed by atoms with E-state index < -0.39 is 0 Å². The number of pyridine rings is 1. The topological polar surface area (TPSA) is 54.4 Å². The van der Waals surface area contributed by atoms with Crippen molar-refractivity contribution in [2.24, 2.45) is 0 Å². The maximum atomic E-state index is 8.63. The Bertz CT molecular complexity index is 348. The number of anilines is 1. The minimum Gasteiger partial charge on any atom is -0.476 e. The fraction of sp³-hybridized carbons (Fsp3) is 0.500. The Balaban J connectivity index is 2.78. The highest BCUT2D eigenvalue weighted by Crippen LogP contribution is 2.30. The van der Waals surface area contributed by atoms with Gasteiger partial charge in [-0.2, -0.15) is 4.98 Å². The Morgan fingerprint density at radius 1 is 1.44 bits per heavy atom. The van der Waals surface area contributed by atoms with Gasteiger partial charge in [0.2, 0.25) is 5.88 Å². The summed E-state index contributed by atoms with van der Waals surface area (Å²) < 4.78 is 5.32. The maximum absolute atomic E-state index is 8.63. The monoisotopic (exact) mass is 264 g/mol. The summed E-state index contributed by atoms with van der Waals surface area (Å²) in [6.07, 6.45) is 0.539. The first kappa shape index (κ1) is 13.4. The fourth-order valence-corrected chi connectivity index (χ4v) is 1.56. The van der Waals surface area contributed by atoms with Crippen LogP contribution in [0, 0.1) is 0 Å². The second kappa shape index (κ2) is 6.78. The van der Waals surface area contributed by atoms with Gasteiger partial charge in [-0.3, -0.25) is 0 Å². The number of hydrogen-bond donors (Lipinski definition) is 2. The van der Waals surface area contributed by atoms with E-state index in [9.17, 15) is 0 Å². The van der Waals surface area contributed by atoms with E-state index in [0.29, 0.717) is 41.3 Å². The normalized spacial score (nSPS) is 10.2. The molecule has 0 saturated carbocycles. The zero-order valence-electron chi connectivity index (χ0n) is 8.96. The molecule has 1 aromatic rings. The van der Waals surface area contributed by atoms with Crippen LogP contribution in [0.15, 0.2) is 6.07 Å². The summed E-state index contributed by atoms with van der Waals surface area (Å²) in [4.78, 5) is 4.15. The van der Waals surface area contributed by atoms with Crippen molar-refractivity contribution in [3.05, 3.63) is 16.1 Å². The quantitative estimate of drug-likeness (QED) is 0.776. The van der Waals surface area contributed by atoms with Crippen molar-refractivity contribution < 1.29 is 9.84 Å². The van der Waals surface area contributed by atoms with Crippen molar-refractivity contribution in [3.8, 4) is 5.88 Å². The van der Waals surface area contributed by atoms with E-state index in [1.54, 1.807) is 6.07 Å². The fourth-order valence-electron chi connectivity index (χ4n) is 1.08. The van der Waals surface area contributed by atoms with Crippen LogP contribution in [0.4, 0.5) is 5.82 Å². The van der Waals surface area contributed by atoms with E-state index in [0.717, 1.165) is 0 Å². The molecule has 0 fully saturated rings. The highest BCUT2D eigenvalue weighted by atomic mass is 35.5. The number of aliphatic hydroxyl groups excluding tert-OH is 1. The van der Waals surface area contributed by atoms with Crippen LogP contribution in [-0.4, -0.2) is 29.8 Å². The molecule has 0 radical (unpaired) electrons. The van der Waals surface area contributed by atoms with Crippen molar-refractivity contribution in [1.29, 1.82) is 0 Å². The summed E-state index contributed by atoms with van der Waals surface area (Å²) in [6, 6.07) is 1.59. The second-order valence-electron chi connectivity index (χ2n) is 3.06. The summed E-state index contributed by atoms with van der Waals surface area (Å²) in [5.41, 5.74) is 0.